The quantitative estimate of drug-likeness (QED) is 0.801. The van der Waals surface area contributed by atoms with Gasteiger partial charge in [0.2, 0.25) is 0 Å². The molecule has 16 heavy (non-hydrogen) atoms. The van der Waals surface area contributed by atoms with Crippen molar-refractivity contribution in [1.82, 2.24) is 5.32 Å². The molecule has 2 N–H and O–H groups in total. The molecule has 0 aliphatic heterocycles. The molecule has 88 valence electrons. The van der Waals surface area contributed by atoms with Crippen molar-refractivity contribution in [2.75, 3.05) is 13.2 Å². The first-order chi connectivity index (χ1) is 7.85. The second kappa shape index (κ2) is 5.32. The van der Waals surface area contributed by atoms with Gasteiger partial charge in [0.25, 0.3) is 0 Å². The minimum atomic E-state index is -0.0342. The van der Waals surface area contributed by atoms with Crippen LogP contribution in [0.2, 0.25) is 0 Å². The van der Waals surface area contributed by atoms with Crippen LogP contribution in [0.1, 0.15) is 31.4 Å². The van der Waals surface area contributed by atoms with Crippen LogP contribution in [0.5, 0.6) is 0 Å². The van der Waals surface area contributed by atoms with Gasteiger partial charge in [0, 0.05) is 12.1 Å². The molecule has 1 heterocycles. The highest BCUT2D eigenvalue weighted by molar-refractivity contribution is 5.42. The highest BCUT2D eigenvalue weighted by atomic mass is 16.3. The van der Waals surface area contributed by atoms with Crippen LogP contribution in [-0.2, 0) is 0 Å². The molecule has 2 rings (SSSR count). The fourth-order valence-electron chi connectivity index (χ4n) is 2.28. The van der Waals surface area contributed by atoms with Gasteiger partial charge in [0.1, 0.15) is 5.76 Å². The van der Waals surface area contributed by atoms with Crippen LogP contribution in [0.3, 0.4) is 0 Å². The first-order valence-corrected chi connectivity index (χ1v) is 5.91. The lowest BCUT2D eigenvalue weighted by Crippen LogP contribution is -2.46. The van der Waals surface area contributed by atoms with Gasteiger partial charge in [-0.1, -0.05) is 18.9 Å². The van der Waals surface area contributed by atoms with Gasteiger partial charge in [-0.05, 0) is 31.1 Å². The predicted molar refractivity (Wildman–Crippen MR) is 64.0 cm³/mol. The van der Waals surface area contributed by atoms with Gasteiger partial charge in [0.15, 0.2) is 0 Å². The van der Waals surface area contributed by atoms with Crippen LogP contribution in [0.25, 0.3) is 6.08 Å². The number of rotatable bonds is 5. The minimum Gasteiger partial charge on any atom is -0.465 e. The van der Waals surface area contributed by atoms with Crippen molar-refractivity contribution in [2.24, 2.45) is 0 Å². The van der Waals surface area contributed by atoms with Gasteiger partial charge < -0.3 is 14.8 Å². The Morgan fingerprint density at radius 2 is 2.25 bits per heavy atom. The second-order valence-corrected chi connectivity index (χ2v) is 4.44. The van der Waals surface area contributed by atoms with Crippen LogP contribution in [-0.4, -0.2) is 23.8 Å². The van der Waals surface area contributed by atoms with E-state index < -0.39 is 0 Å². The van der Waals surface area contributed by atoms with E-state index in [9.17, 15) is 5.11 Å². The Labute approximate surface area is 96.2 Å². The largest absolute Gasteiger partial charge is 0.465 e. The van der Waals surface area contributed by atoms with Gasteiger partial charge in [-0.3, -0.25) is 0 Å². The summed E-state index contributed by atoms with van der Waals surface area (Å²) in [5, 5.41) is 12.8. The number of hydrogen-bond donors (Lipinski definition) is 2. The summed E-state index contributed by atoms with van der Waals surface area (Å²) < 4.78 is 5.19. The zero-order valence-electron chi connectivity index (χ0n) is 9.48. The number of aliphatic hydroxyl groups excluding tert-OH is 1. The molecule has 1 fully saturated rings. The lowest BCUT2D eigenvalue weighted by molar-refractivity contribution is 0.168. The average molecular weight is 221 g/mol. The van der Waals surface area contributed by atoms with Crippen LogP contribution in [0, 0.1) is 0 Å². The van der Waals surface area contributed by atoms with E-state index >= 15 is 0 Å². The van der Waals surface area contributed by atoms with Gasteiger partial charge >= 0.3 is 0 Å². The van der Waals surface area contributed by atoms with Crippen molar-refractivity contribution in [2.45, 2.75) is 31.2 Å². The van der Waals surface area contributed by atoms with Crippen LogP contribution >= 0.6 is 0 Å². The van der Waals surface area contributed by atoms with Crippen molar-refractivity contribution in [3.05, 3.63) is 30.2 Å². The second-order valence-electron chi connectivity index (χ2n) is 4.44. The Morgan fingerprint density at radius 1 is 1.44 bits per heavy atom. The third-order valence-electron chi connectivity index (χ3n) is 3.28. The topological polar surface area (TPSA) is 45.4 Å². The third kappa shape index (κ3) is 2.74. The molecular formula is C13H19NO2. The Balaban J connectivity index is 1.78. The summed E-state index contributed by atoms with van der Waals surface area (Å²) in [5.41, 5.74) is -0.0342. The molecule has 0 saturated heterocycles. The number of furan rings is 1. The molecule has 0 radical (unpaired) electrons. The Morgan fingerprint density at radius 3 is 2.88 bits per heavy atom. The van der Waals surface area contributed by atoms with E-state index in [1.165, 1.54) is 12.8 Å². The standard InChI is InChI=1S/C13H19NO2/c15-11-13(7-1-2-8-13)14-9-3-5-12-6-4-10-16-12/h3-6,10,14-15H,1-2,7-9,11H2/b5-3+. The monoisotopic (exact) mass is 221 g/mol. The Kier molecular flexibility index (Phi) is 3.80. The molecule has 3 nitrogen and oxygen atoms in total. The first-order valence-electron chi connectivity index (χ1n) is 5.91. The molecule has 1 aromatic heterocycles. The van der Waals surface area contributed by atoms with E-state index in [-0.39, 0.29) is 12.1 Å². The SMILES string of the molecule is OCC1(NC/C=C/c2ccco2)CCCC1. The fourth-order valence-corrected chi connectivity index (χ4v) is 2.28. The molecular weight excluding hydrogens is 202 g/mol. The molecule has 0 atom stereocenters. The predicted octanol–water partition coefficient (Wildman–Crippen LogP) is 2.19. The molecule has 0 bridgehead atoms. The van der Waals surface area contributed by atoms with Crippen molar-refractivity contribution in [1.29, 1.82) is 0 Å². The molecule has 0 unspecified atom stereocenters. The highest BCUT2D eigenvalue weighted by Crippen LogP contribution is 2.28. The van der Waals surface area contributed by atoms with E-state index in [1.807, 2.05) is 24.3 Å². The van der Waals surface area contributed by atoms with E-state index in [1.54, 1.807) is 6.26 Å². The molecule has 1 aliphatic carbocycles. The normalized spacial score (nSPS) is 19.6. The molecule has 0 spiro atoms. The summed E-state index contributed by atoms with van der Waals surface area (Å²) in [5.74, 6) is 0.867. The maximum atomic E-state index is 9.39. The van der Waals surface area contributed by atoms with Crippen molar-refractivity contribution in [3.63, 3.8) is 0 Å². The van der Waals surface area contributed by atoms with Crippen molar-refractivity contribution < 1.29 is 9.52 Å². The van der Waals surface area contributed by atoms with E-state index in [4.69, 9.17) is 4.42 Å². The Bertz CT molecular complexity index is 324. The van der Waals surface area contributed by atoms with Crippen molar-refractivity contribution in [3.8, 4) is 0 Å². The molecule has 1 aromatic rings. The molecule has 1 aliphatic rings. The number of nitrogens with one attached hydrogen (secondary N) is 1. The van der Waals surface area contributed by atoms with Crippen LogP contribution in [0.15, 0.2) is 28.9 Å². The maximum absolute atomic E-state index is 9.39. The van der Waals surface area contributed by atoms with Gasteiger partial charge in [-0.2, -0.15) is 0 Å². The lowest BCUT2D eigenvalue weighted by atomic mass is 9.99. The fraction of sp³-hybridized carbons (Fsp3) is 0.538. The summed E-state index contributed by atoms with van der Waals surface area (Å²) >= 11 is 0. The molecule has 3 heteroatoms. The molecule has 0 aromatic carbocycles. The van der Waals surface area contributed by atoms with Crippen molar-refractivity contribution >= 4 is 6.08 Å². The van der Waals surface area contributed by atoms with Gasteiger partial charge in [0.05, 0.1) is 12.9 Å². The van der Waals surface area contributed by atoms with Gasteiger partial charge in [-0.15, -0.1) is 0 Å². The minimum absolute atomic E-state index is 0.0342. The summed E-state index contributed by atoms with van der Waals surface area (Å²) in [7, 11) is 0. The van der Waals surface area contributed by atoms with Crippen LogP contribution in [0.4, 0.5) is 0 Å². The third-order valence-corrected chi connectivity index (χ3v) is 3.28. The number of hydrogen-bond acceptors (Lipinski definition) is 3. The summed E-state index contributed by atoms with van der Waals surface area (Å²) in [4.78, 5) is 0. The highest BCUT2D eigenvalue weighted by Gasteiger charge is 2.31. The number of aliphatic hydroxyl groups is 1. The lowest BCUT2D eigenvalue weighted by Gasteiger charge is -2.27. The zero-order chi connectivity index (χ0) is 11.3. The molecule has 0 amide bonds. The maximum Gasteiger partial charge on any atom is 0.126 e. The molecule has 1 saturated carbocycles. The zero-order valence-corrected chi connectivity index (χ0v) is 9.48. The van der Waals surface area contributed by atoms with Gasteiger partial charge in [-0.25, -0.2) is 0 Å². The summed E-state index contributed by atoms with van der Waals surface area (Å²) in [6.45, 7) is 1.02. The first kappa shape index (κ1) is 11.4. The van der Waals surface area contributed by atoms with E-state index in [0.29, 0.717) is 0 Å². The summed E-state index contributed by atoms with van der Waals surface area (Å²) in [6, 6.07) is 3.80. The average Bonchev–Trinajstić information content (AvgIpc) is 2.97. The van der Waals surface area contributed by atoms with E-state index in [0.717, 1.165) is 25.1 Å². The Hall–Kier alpha value is -1.06. The smallest absolute Gasteiger partial charge is 0.126 e. The van der Waals surface area contributed by atoms with Crippen LogP contribution < -0.4 is 5.32 Å². The summed E-state index contributed by atoms with van der Waals surface area (Å²) in [6.07, 6.45) is 10.3. The van der Waals surface area contributed by atoms with E-state index in [2.05, 4.69) is 5.32 Å².